The lowest BCUT2D eigenvalue weighted by Gasteiger charge is -2.32. The third kappa shape index (κ3) is 3.59. The average molecular weight is 314 g/mol. The lowest BCUT2D eigenvalue weighted by atomic mass is 9.95. The van der Waals surface area contributed by atoms with Crippen LogP contribution in [0.1, 0.15) is 56.8 Å². The first kappa shape index (κ1) is 15.9. The highest BCUT2D eigenvalue weighted by atomic mass is 35.5. The van der Waals surface area contributed by atoms with Gasteiger partial charge in [-0.2, -0.15) is 11.8 Å². The van der Waals surface area contributed by atoms with E-state index in [9.17, 15) is 0 Å². The standard InChI is InChI=1S/C15H24ClN3S/c1-9(2)14-18-13(16)10(3)15(19-14)17-11-7-5-6-8-12(11)20-4/h9,11-12H,5-8H2,1-4H3,(H,17,18,19). The first-order valence-corrected chi connectivity index (χ1v) is 9.03. The molecule has 0 saturated heterocycles. The molecule has 0 radical (unpaired) electrons. The van der Waals surface area contributed by atoms with Crippen LogP contribution in [-0.4, -0.2) is 27.5 Å². The van der Waals surface area contributed by atoms with Gasteiger partial charge in [-0.3, -0.25) is 0 Å². The monoisotopic (exact) mass is 313 g/mol. The average Bonchev–Trinajstić information content (AvgIpc) is 2.44. The quantitative estimate of drug-likeness (QED) is 0.821. The van der Waals surface area contributed by atoms with Crippen molar-refractivity contribution >= 4 is 29.2 Å². The number of nitrogens with zero attached hydrogens (tertiary/aromatic N) is 2. The molecule has 112 valence electrons. The lowest BCUT2D eigenvalue weighted by Crippen LogP contribution is -2.35. The lowest BCUT2D eigenvalue weighted by molar-refractivity contribution is 0.473. The van der Waals surface area contributed by atoms with Crippen molar-refractivity contribution in [1.29, 1.82) is 0 Å². The molecule has 5 heteroatoms. The molecule has 1 saturated carbocycles. The van der Waals surface area contributed by atoms with Crippen LogP contribution in [0.25, 0.3) is 0 Å². The Morgan fingerprint density at radius 1 is 1.25 bits per heavy atom. The molecule has 1 heterocycles. The molecule has 0 aliphatic heterocycles. The minimum Gasteiger partial charge on any atom is -0.366 e. The number of aromatic nitrogens is 2. The summed E-state index contributed by atoms with van der Waals surface area (Å²) in [5, 5.41) is 4.87. The number of halogens is 1. The molecular weight excluding hydrogens is 290 g/mol. The van der Waals surface area contributed by atoms with E-state index in [4.69, 9.17) is 11.6 Å². The van der Waals surface area contributed by atoms with Crippen molar-refractivity contribution < 1.29 is 0 Å². The second kappa shape index (κ2) is 6.99. The van der Waals surface area contributed by atoms with Crippen LogP contribution in [-0.2, 0) is 0 Å². The van der Waals surface area contributed by atoms with Gasteiger partial charge in [-0.15, -0.1) is 0 Å². The summed E-state index contributed by atoms with van der Waals surface area (Å²) >= 11 is 8.21. The van der Waals surface area contributed by atoms with Gasteiger partial charge in [0, 0.05) is 22.8 Å². The Kier molecular flexibility index (Phi) is 5.56. The molecule has 20 heavy (non-hydrogen) atoms. The molecule has 2 atom stereocenters. The minimum atomic E-state index is 0.288. The summed E-state index contributed by atoms with van der Waals surface area (Å²) in [6.45, 7) is 6.18. The third-order valence-electron chi connectivity index (χ3n) is 3.95. The molecule has 1 aromatic heterocycles. The summed E-state index contributed by atoms with van der Waals surface area (Å²) in [6, 6.07) is 0.489. The fourth-order valence-electron chi connectivity index (χ4n) is 2.62. The van der Waals surface area contributed by atoms with Crippen LogP contribution in [0.15, 0.2) is 0 Å². The fraction of sp³-hybridized carbons (Fsp3) is 0.733. The second-order valence-corrected chi connectivity index (χ2v) is 7.25. The smallest absolute Gasteiger partial charge is 0.137 e. The number of hydrogen-bond donors (Lipinski definition) is 1. The Labute approximate surface area is 131 Å². The molecule has 1 aliphatic carbocycles. The molecule has 0 bridgehead atoms. The first-order valence-electron chi connectivity index (χ1n) is 7.36. The Hall–Kier alpha value is -0.480. The number of anilines is 1. The number of thioether (sulfide) groups is 1. The number of nitrogens with one attached hydrogen (secondary N) is 1. The van der Waals surface area contributed by atoms with Gasteiger partial charge >= 0.3 is 0 Å². The van der Waals surface area contributed by atoms with E-state index in [2.05, 4.69) is 35.4 Å². The molecule has 1 aromatic rings. The SMILES string of the molecule is CSC1CCCCC1Nc1nc(C(C)C)nc(Cl)c1C. The van der Waals surface area contributed by atoms with E-state index in [1.54, 1.807) is 0 Å². The van der Waals surface area contributed by atoms with Gasteiger partial charge in [0.15, 0.2) is 0 Å². The highest BCUT2D eigenvalue weighted by Gasteiger charge is 2.25. The zero-order chi connectivity index (χ0) is 14.7. The van der Waals surface area contributed by atoms with Gasteiger partial charge in [-0.05, 0) is 26.0 Å². The summed E-state index contributed by atoms with van der Waals surface area (Å²) in [5.74, 6) is 2.02. The van der Waals surface area contributed by atoms with E-state index in [0.29, 0.717) is 16.4 Å². The number of hydrogen-bond acceptors (Lipinski definition) is 4. The molecular formula is C15H24ClN3S. The molecule has 1 aliphatic rings. The highest BCUT2D eigenvalue weighted by Crippen LogP contribution is 2.31. The summed E-state index contributed by atoms with van der Waals surface area (Å²) in [6.07, 6.45) is 7.33. The van der Waals surface area contributed by atoms with Crippen molar-refractivity contribution in [3.05, 3.63) is 16.5 Å². The van der Waals surface area contributed by atoms with E-state index < -0.39 is 0 Å². The summed E-state index contributed by atoms with van der Waals surface area (Å²) in [4.78, 5) is 9.05. The second-order valence-electron chi connectivity index (χ2n) is 5.81. The van der Waals surface area contributed by atoms with Crippen LogP contribution in [0, 0.1) is 6.92 Å². The molecule has 3 nitrogen and oxygen atoms in total. The molecule has 1 fully saturated rings. The van der Waals surface area contributed by atoms with Crippen LogP contribution < -0.4 is 5.32 Å². The maximum atomic E-state index is 6.25. The predicted octanol–water partition coefficient (Wildman–Crippen LogP) is 4.65. The fourth-order valence-corrected chi connectivity index (χ4v) is 3.74. The Morgan fingerprint density at radius 2 is 1.95 bits per heavy atom. The Morgan fingerprint density at radius 3 is 2.60 bits per heavy atom. The van der Waals surface area contributed by atoms with Gasteiger partial charge in [-0.1, -0.05) is 38.3 Å². The van der Waals surface area contributed by atoms with E-state index in [1.807, 2.05) is 18.7 Å². The summed E-state index contributed by atoms with van der Waals surface area (Å²) in [7, 11) is 0. The molecule has 0 amide bonds. The number of rotatable bonds is 4. The zero-order valence-corrected chi connectivity index (χ0v) is 14.3. The van der Waals surface area contributed by atoms with Crippen LogP contribution in [0.4, 0.5) is 5.82 Å². The maximum absolute atomic E-state index is 6.25. The van der Waals surface area contributed by atoms with E-state index in [0.717, 1.165) is 17.2 Å². The third-order valence-corrected chi connectivity index (χ3v) is 5.49. The Bertz CT molecular complexity index is 465. The van der Waals surface area contributed by atoms with Crippen LogP contribution >= 0.6 is 23.4 Å². The predicted molar refractivity (Wildman–Crippen MR) is 89.0 cm³/mol. The van der Waals surface area contributed by atoms with Crippen molar-refractivity contribution in [2.45, 2.75) is 63.7 Å². The van der Waals surface area contributed by atoms with Crippen molar-refractivity contribution in [3.63, 3.8) is 0 Å². The van der Waals surface area contributed by atoms with Crippen LogP contribution in [0.2, 0.25) is 5.15 Å². The van der Waals surface area contributed by atoms with Crippen LogP contribution in [0.3, 0.4) is 0 Å². The normalized spacial score (nSPS) is 23.1. The van der Waals surface area contributed by atoms with Gasteiger partial charge in [0.1, 0.15) is 16.8 Å². The molecule has 2 unspecified atom stereocenters. The van der Waals surface area contributed by atoms with E-state index in [-0.39, 0.29) is 5.92 Å². The Balaban J connectivity index is 2.23. The van der Waals surface area contributed by atoms with Gasteiger partial charge in [0.25, 0.3) is 0 Å². The first-order chi connectivity index (χ1) is 9.52. The molecule has 2 rings (SSSR count). The van der Waals surface area contributed by atoms with E-state index >= 15 is 0 Å². The van der Waals surface area contributed by atoms with Crippen molar-refractivity contribution in [3.8, 4) is 0 Å². The van der Waals surface area contributed by atoms with Gasteiger partial charge < -0.3 is 5.32 Å². The minimum absolute atomic E-state index is 0.288. The van der Waals surface area contributed by atoms with Gasteiger partial charge in [0.05, 0.1) is 0 Å². The maximum Gasteiger partial charge on any atom is 0.137 e. The summed E-state index contributed by atoms with van der Waals surface area (Å²) < 4.78 is 0. The molecule has 0 aromatic carbocycles. The van der Waals surface area contributed by atoms with Crippen molar-refractivity contribution in [2.24, 2.45) is 0 Å². The zero-order valence-electron chi connectivity index (χ0n) is 12.7. The van der Waals surface area contributed by atoms with Crippen LogP contribution in [0.5, 0.6) is 0 Å². The van der Waals surface area contributed by atoms with Gasteiger partial charge in [-0.25, -0.2) is 9.97 Å². The van der Waals surface area contributed by atoms with E-state index in [1.165, 1.54) is 25.7 Å². The molecule has 1 N–H and O–H groups in total. The largest absolute Gasteiger partial charge is 0.366 e. The van der Waals surface area contributed by atoms with Crippen molar-refractivity contribution in [1.82, 2.24) is 9.97 Å². The van der Waals surface area contributed by atoms with Crippen molar-refractivity contribution in [2.75, 3.05) is 11.6 Å². The van der Waals surface area contributed by atoms with Gasteiger partial charge in [0.2, 0.25) is 0 Å². The molecule has 0 spiro atoms. The summed E-state index contributed by atoms with van der Waals surface area (Å²) in [5.41, 5.74) is 0.960. The topological polar surface area (TPSA) is 37.8 Å². The highest BCUT2D eigenvalue weighted by molar-refractivity contribution is 7.99.